The number of nitrogens with zero attached hydrogens (tertiary/aromatic N) is 2. The van der Waals surface area contributed by atoms with Crippen molar-refractivity contribution in [2.24, 2.45) is 7.05 Å². The number of hydrogen-bond acceptors (Lipinski definition) is 1. The van der Waals surface area contributed by atoms with E-state index in [1.54, 1.807) is 19.3 Å². The highest BCUT2D eigenvalue weighted by atomic mass is 127. The lowest BCUT2D eigenvalue weighted by Crippen LogP contribution is -2.08. The molecular formula is C11H8F3IN2. The van der Waals surface area contributed by atoms with Gasteiger partial charge in [0.15, 0.2) is 0 Å². The molecule has 0 atom stereocenters. The van der Waals surface area contributed by atoms with Crippen LogP contribution in [0.2, 0.25) is 0 Å². The summed E-state index contributed by atoms with van der Waals surface area (Å²) < 4.78 is 40.8. The minimum Gasteiger partial charge on any atom is -0.267 e. The second kappa shape index (κ2) is 4.32. The van der Waals surface area contributed by atoms with Gasteiger partial charge in [-0.2, -0.15) is 18.3 Å². The first kappa shape index (κ1) is 12.4. The SMILES string of the molecule is Cn1ncc(I)c1-c1ccccc1C(F)(F)F. The number of aromatic nitrogens is 2. The molecule has 0 aliphatic heterocycles. The Hall–Kier alpha value is -1.05. The maximum Gasteiger partial charge on any atom is 0.417 e. The molecule has 0 unspecified atom stereocenters. The van der Waals surface area contributed by atoms with Crippen molar-refractivity contribution in [1.82, 2.24) is 9.78 Å². The summed E-state index contributed by atoms with van der Waals surface area (Å²) in [5.41, 5.74) is 0.00411. The lowest BCUT2D eigenvalue weighted by Gasteiger charge is -2.13. The third kappa shape index (κ3) is 2.31. The molecule has 1 aromatic heterocycles. The Labute approximate surface area is 110 Å². The fourth-order valence-electron chi connectivity index (χ4n) is 1.65. The second-order valence-corrected chi connectivity index (χ2v) is 4.67. The van der Waals surface area contributed by atoms with E-state index in [9.17, 15) is 13.2 Å². The van der Waals surface area contributed by atoms with Crippen LogP contribution in [-0.2, 0) is 13.2 Å². The summed E-state index contributed by atoms with van der Waals surface area (Å²) in [6.07, 6.45) is -2.81. The molecule has 0 saturated heterocycles. The number of hydrogen-bond donors (Lipinski definition) is 0. The normalized spacial score (nSPS) is 11.8. The molecule has 0 aliphatic rings. The Balaban J connectivity index is 2.69. The third-order valence-electron chi connectivity index (χ3n) is 2.38. The van der Waals surface area contributed by atoms with Gasteiger partial charge in [-0.3, -0.25) is 4.68 Å². The molecule has 0 aliphatic carbocycles. The lowest BCUT2D eigenvalue weighted by atomic mass is 10.0. The molecule has 1 heterocycles. The van der Waals surface area contributed by atoms with E-state index in [1.807, 2.05) is 22.6 Å². The van der Waals surface area contributed by atoms with Crippen molar-refractivity contribution in [2.75, 3.05) is 0 Å². The zero-order chi connectivity index (χ0) is 12.6. The van der Waals surface area contributed by atoms with Crippen LogP contribution in [-0.4, -0.2) is 9.78 Å². The van der Waals surface area contributed by atoms with Crippen molar-refractivity contribution in [3.8, 4) is 11.3 Å². The first-order valence-electron chi connectivity index (χ1n) is 4.75. The largest absolute Gasteiger partial charge is 0.417 e. The fourth-order valence-corrected chi connectivity index (χ4v) is 2.41. The molecule has 0 radical (unpaired) electrons. The average molecular weight is 352 g/mol. The average Bonchev–Trinajstić information content (AvgIpc) is 2.57. The van der Waals surface area contributed by atoms with E-state index in [-0.39, 0.29) is 5.56 Å². The predicted octanol–water partition coefficient (Wildman–Crippen LogP) is 3.71. The highest BCUT2D eigenvalue weighted by molar-refractivity contribution is 14.1. The van der Waals surface area contributed by atoms with Crippen molar-refractivity contribution < 1.29 is 13.2 Å². The van der Waals surface area contributed by atoms with Crippen LogP contribution in [0.25, 0.3) is 11.3 Å². The molecule has 90 valence electrons. The molecule has 0 saturated carbocycles. The molecule has 2 nitrogen and oxygen atoms in total. The van der Waals surface area contributed by atoms with E-state index in [2.05, 4.69) is 5.10 Å². The van der Waals surface area contributed by atoms with Crippen molar-refractivity contribution in [1.29, 1.82) is 0 Å². The molecule has 0 amide bonds. The maximum atomic E-state index is 12.9. The van der Waals surface area contributed by atoms with Gasteiger partial charge in [0.2, 0.25) is 0 Å². The number of rotatable bonds is 1. The Morgan fingerprint density at radius 3 is 2.41 bits per heavy atom. The van der Waals surface area contributed by atoms with Gasteiger partial charge >= 0.3 is 6.18 Å². The van der Waals surface area contributed by atoms with E-state index < -0.39 is 11.7 Å². The summed E-state index contributed by atoms with van der Waals surface area (Å²) in [6.45, 7) is 0. The molecule has 6 heteroatoms. The number of halogens is 4. The summed E-state index contributed by atoms with van der Waals surface area (Å²) in [6, 6.07) is 5.52. The molecular weight excluding hydrogens is 344 g/mol. The Bertz CT molecular complexity index is 526. The zero-order valence-corrected chi connectivity index (χ0v) is 11.0. The Morgan fingerprint density at radius 1 is 1.24 bits per heavy atom. The Morgan fingerprint density at radius 2 is 1.88 bits per heavy atom. The highest BCUT2D eigenvalue weighted by Gasteiger charge is 2.34. The van der Waals surface area contributed by atoms with Crippen LogP contribution in [0, 0.1) is 3.57 Å². The molecule has 0 spiro atoms. The van der Waals surface area contributed by atoms with Crippen LogP contribution in [0.15, 0.2) is 30.5 Å². The van der Waals surface area contributed by atoms with Gasteiger partial charge in [0, 0.05) is 12.6 Å². The van der Waals surface area contributed by atoms with Crippen molar-refractivity contribution in [3.63, 3.8) is 0 Å². The van der Waals surface area contributed by atoms with E-state index >= 15 is 0 Å². The fraction of sp³-hybridized carbons (Fsp3) is 0.182. The topological polar surface area (TPSA) is 17.8 Å². The first-order chi connectivity index (χ1) is 7.91. The maximum absolute atomic E-state index is 12.9. The number of alkyl halides is 3. The Kier molecular flexibility index (Phi) is 3.15. The molecule has 0 N–H and O–H groups in total. The van der Waals surface area contributed by atoms with Gasteiger partial charge in [0.1, 0.15) is 0 Å². The quantitative estimate of drug-likeness (QED) is 0.716. The monoisotopic (exact) mass is 352 g/mol. The van der Waals surface area contributed by atoms with E-state index in [0.29, 0.717) is 9.26 Å². The van der Waals surface area contributed by atoms with Crippen molar-refractivity contribution >= 4 is 22.6 Å². The van der Waals surface area contributed by atoms with Crippen LogP contribution in [0.4, 0.5) is 13.2 Å². The molecule has 0 fully saturated rings. The minimum atomic E-state index is -4.36. The molecule has 2 rings (SSSR count). The summed E-state index contributed by atoms with van der Waals surface area (Å²) >= 11 is 1.98. The molecule has 17 heavy (non-hydrogen) atoms. The third-order valence-corrected chi connectivity index (χ3v) is 3.17. The van der Waals surface area contributed by atoms with E-state index in [0.717, 1.165) is 6.07 Å². The first-order valence-corrected chi connectivity index (χ1v) is 5.83. The van der Waals surface area contributed by atoms with Gasteiger partial charge in [-0.15, -0.1) is 0 Å². The standard InChI is InChI=1S/C11H8F3IN2/c1-17-10(9(15)6-16-17)7-4-2-3-5-8(7)11(12,13)14/h2-6H,1H3. The molecule has 2 aromatic rings. The predicted molar refractivity (Wildman–Crippen MR) is 66.4 cm³/mol. The van der Waals surface area contributed by atoms with Gasteiger partial charge in [-0.25, -0.2) is 0 Å². The second-order valence-electron chi connectivity index (χ2n) is 3.51. The van der Waals surface area contributed by atoms with Gasteiger partial charge in [0.05, 0.1) is 21.0 Å². The summed E-state index contributed by atoms with van der Waals surface area (Å²) in [4.78, 5) is 0. The highest BCUT2D eigenvalue weighted by Crippen LogP contribution is 2.37. The van der Waals surface area contributed by atoms with E-state index in [1.165, 1.54) is 16.8 Å². The summed E-state index contributed by atoms with van der Waals surface area (Å²) in [5, 5.41) is 3.96. The zero-order valence-electron chi connectivity index (χ0n) is 8.79. The smallest absolute Gasteiger partial charge is 0.267 e. The summed E-state index contributed by atoms with van der Waals surface area (Å²) in [7, 11) is 1.63. The molecule has 1 aromatic carbocycles. The van der Waals surface area contributed by atoms with Gasteiger partial charge in [0.25, 0.3) is 0 Å². The van der Waals surface area contributed by atoms with Crippen LogP contribution in [0.3, 0.4) is 0 Å². The van der Waals surface area contributed by atoms with Crippen LogP contribution in [0.1, 0.15) is 5.56 Å². The lowest BCUT2D eigenvalue weighted by molar-refractivity contribution is -0.137. The van der Waals surface area contributed by atoms with Gasteiger partial charge in [-0.05, 0) is 28.7 Å². The van der Waals surface area contributed by atoms with E-state index in [4.69, 9.17) is 0 Å². The van der Waals surface area contributed by atoms with Crippen LogP contribution < -0.4 is 0 Å². The van der Waals surface area contributed by atoms with Crippen molar-refractivity contribution in [2.45, 2.75) is 6.18 Å². The number of benzene rings is 1. The number of aryl methyl sites for hydroxylation is 1. The van der Waals surface area contributed by atoms with Crippen LogP contribution in [0.5, 0.6) is 0 Å². The summed E-state index contributed by atoms with van der Waals surface area (Å²) in [5.74, 6) is 0. The van der Waals surface area contributed by atoms with Crippen molar-refractivity contribution in [3.05, 3.63) is 39.6 Å². The minimum absolute atomic E-state index is 0.157. The van der Waals surface area contributed by atoms with Gasteiger partial charge < -0.3 is 0 Å². The van der Waals surface area contributed by atoms with Gasteiger partial charge in [-0.1, -0.05) is 18.2 Å². The van der Waals surface area contributed by atoms with Crippen LogP contribution >= 0.6 is 22.6 Å². The molecule has 0 bridgehead atoms.